The van der Waals surface area contributed by atoms with Gasteiger partial charge in [0.1, 0.15) is 11.5 Å². The second-order valence-corrected chi connectivity index (χ2v) is 4.83. The highest BCUT2D eigenvalue weighted by molar-refractivity contribution is 5.97. The van der Waals surface area contributed by atoms with Crippen molar-refractivity contribution in [3.05, 3.63) is 23.8 Å². The lowest BCUT2D eigenvalue weighted by molar-refractivity contribution is -0.0668. The molecular formula is C14H19NO5. The first kappa shape index (κ1) is 14.6. The van der Waals surface area contributed by atoms with Crippen LogP contribution in [-0.4, -0.2) is 60.0 Å². The van der Waals surface area contributed by atoms with Crippen LogP contribution < -0.4 is 4.74 Å². The summed E-state index contributed by atoms with van der Waals surface area (Å²) in [5, 5.41) is 19.0. The molecule has 2 N–H and O–H groups in total. The summed E-state index contributed by atoms with van der Waals surface area (Å²) in [6, 6.07) is 4.41. The van der Waals surface area contributed by atoms with Crippen LogP contribution in [0.25, 0.3) is 0 Å². The largest absolute Gasteiger partial charge is 0.507 e. The van der Waals surface area contributed by atoms with Crippen LogP contribution in [0.5, 0.6) is 11.5 Å². The van der Waals surface area contributed by atoms with Crippen molar-refractivity contribution < 1.29 is 24.5 Å². The highest BCUT2D eigenvalue weighted by Crippen LogP contribution is 2.26. The van der Waals surface area contributed by atoms with Gasteiger partial charge in [-0.3, -0.25) is 4.79 Å². The number of phenols is 1. The smallest absolute Gasteiger partial charge is 0.258 e. The third-order valence-corrected chi connectivity index (χ3v) is 3.40. The van der Waals surface area contributed by atoms with Gasteiger partial charge in [0.15, 0.2) is 0 Å². The van der Waals surface area contributed by atoms with Crippen molar-refractivity contribution in [2.45, 2.75) is 19.1 Å². The Kier molecular flexibility index (Phi) is 4.46. The van der Waals surface area contributed by atoms with Gasteiger partial charge < -0.3 is 24.6 Å². The fourth-order valence-corrected chi connectivity index (χ4v) is 2.18. The van der Waals surface area contributed by atoms with E-state index in [1.165, 1.54) is 19.2 Å². The van der Waals surface area contributed by atoms with E-state index in [-0.39, 0.29) is 36.0 Å². The van der Waals surface area contributed by atoms with Crippen LogP contribution in [0.15, 0.2) is 18.2 Å². The molecule has 0 spiro atoms. The summed E-state index contributed by atoms with van der Waals surface area (Å²) in [6.07, 6.45) is -0.386. The molecule has 0 aromatic heterocycles. The number of aromatic hydroxyl groups is 1. The number of nitrogens with zero attached hydrogens (tertiary/aromatic N) is 1. The molecule has 1 aliphatic heterocycles. The molecule has 1 aromatic carbocycles. The maximum Gasteiger partial charge on any atom is 0.258 e. The lowest BCUT2D eigenvalue weighted by Crippen LogP contribution is -2.52. The van der Waals surface area contributed by atoms with Gasteiger partial charge in [-0.25, -0.2) is 0 Å². The lowest BCUT2D eigenvalue weighted by atomic mass is 10.1. The van der Waals surface area contributed by atoms with E-state index >= 15 is 0 Å². The van der Waals surface area contributed by atoms with Crippen LogP contribution in [0.1, 0.15) is 17.3 Å². The SMILES string of the molecule is COc1ccc(O)c(C(=O)N2CC(CO)OCC2C)c1. The second kappa shape index (κ2) is 6.11. The standard InChI is InChI=1S/C14H19NO5/c1-9-8-20-11(7-16)6-15(9)14(18)12-5-10(19-2)3-4-13(12)17/h3-5,9,11,16-17H,6-8H2,1-2H3. The van der Waals surface area contributed by atoms with E-state index in [1.54, 1.807) is 11.0 Å². The number of amides is 1. The zero-order chi connectivity index (χ0) is 14.7. The first-order valence-corrected chi connectivity index (χ1v) is 6.47. The molecule has 2 atom stereocenters. The number of morpholine rings is 1. The van der Waals surface area contributed by atoms with Crippen LogP contribution in [0.4, 0.5) is 0 Å². The van der Waals surface area contributed by atoms with Crippen molar-refractivity contribution in [1.82, 2.24) is 4.90 Å². The van der Waals surface area contributed by atoms with E-state index in [2.05, 4.69) is 0 Å². The van der Waals surface area contributed by atoms with E-state index in [4.69, 9.17) is 14.6 Å². The summed E-state index contributed by atoms with van der Waals surface area (Å²) in [5.41, 5.74) is 0.190. The molecule has 0 radical (unpaired) electrons. The van der Waals surface area contributed by atoms with Gasteiger partial charge >= 0.3 is 0 Å². The summed E-state index contributed by atoms with van der Waals surface area (Å²) in [4.78, 5) is 14.1. The van der Waals surface area contributed by atoms with Crippen LogP contribution >= 0.6 is 0 Å². The predicted octanol–water partition coefficient (Wildman–Crippen LogP) is 0.623. The maximum absolute atomic E-state index is 12.5. The molecule has 0 saturated carbocycles. The van der Waals surface area contributed by atoms with Gasteiger partial charge in [0.05, 0.1) is 38.0 Å². The van der Waals surface area contributed by atoms with Gasteiger partial charge in [-0.2, -0.15) is 0 Å². The monoisotopic (exact) mass is 281 g/mol. The van der Waals surface area contributed by atoms with Crippen molar-refractivity contribution >= 4 is 5.91 Å². The molecule has 1 saturated heterocycles. The van der Waals surface area contributed by atoms with Gasteiger partial charge in [-0.1, -0.05) is 0 Å². The summed E-state index contributed by atoms with van der Waals surface area (Å²) >= 11 is 0. The van der Waals surface area contributed by atoms with E-state index in [0.29, 0.717) is 18.9 Å². The second-order valence-electron chi connectivity index (χ2n) is 4.83. The molecule has 1 fully saturated rings. The molecular weight excluding hydrogens is 262 g/mol. The number of benzene rings is 1. The minimum atomic E-state index is -0.386. The number of phenolic OH excluding ortho intramolecular Hbond substituents is 1. The summed E-state index contributed by atoms with van der Waals surface area (Å²) in [6.45, 7) is 2.39. The number of ether oxygens (including phenoxy) is 2. The Bertz CT molecular complexity index is 490. The van der Waals surface area contributed by atoms with Crippen LogP contribution in [-0.2, 0) is 4.74 Å². The number of hydrogen-bond donors (Lipinski definition) is 2. The predicted molar refractivity (Wildman–Crippen MR) is 72.0 cm³/mol. The average molecular weight is 281 g/mol. The van der Waals surface area contributed by atoms with E-state index in [1.807, 2.05) is 6.92 Å². The number of carbonyl (C=O) groups excluding carboxylic acids is 1. The number of carbonyl (C=O) groups is 1. The Hall–Kier alpha value is -1.79. The van der Waals surface area contributed by atoms with Gasteiger partial charge in [-0.05, 0) is 25.1 Å². The fourth-order valence-electron chi connectivity index (χ4n) is 2.18. The van der Waals surface area contributed by atoms with Crippen LogP contribution in [0.2, 0.25) is 0 Å². The van der Waals surface area contributed by atoms with Crippen molar-refractivity contribution in [3.8, 4) is 11.5 Å². The van der Waals surface area contributed by atoms with E-state index in [0.717, 1.165) is 0 Å². The Balaban J connectivity index is 2.25. The minimum absolute atomic E-state index is 0.0879. The van der Waals surface area contributed by atoms with Gasteiger partial charge in [0.2, 0.25) is 0 Å². The molecule has 110 valence electrons. The molecule has 6 nitrogen and oxygen atoms in total. The first-order chi connectivity index (χ1) is 9.56. The summed E-state index contributed by atoms with van der Waals surface area (Å²) in [7, 11) is 1.50. The third-order valence-electron chi connectivity index (χ3n) is 3.40. The molecule has 6 heteroatoms. The molecule has 2 rings (SSSR count). The topological polar surface area (TPSA) is 79.2 Å². The Morgan fingerprint density at radius 1 is 1.55 bits per heavy atom. The molecule has 1 aliphatic rings. The number of hydrogen-bond acceptors (Lipinski definition) is 5. The Labute approximate surface area is 117 Å². The van der Waals surface area contributed by atoms with Crippen molar-refractivity contribution in [1.29, 1.82) is 0 Å². The normalized spacial score (nSPS) is 22.6. The highest BCUT2D eigenvalue weighted by atomic mass is 16.5. The average Bonchev–Trinajstić information content (AvgIpc) is 2.47. The van der Waals surface area contributed by atoms with Gasteiger partial charge in [-0.15, -0.1) is 0 Å². The number of aliphatic hydroxyl groups is 1. The van der Waals surface area contributed by atoms with Crippen molar-refractivity contribution in [2.24, 2.45) is 0 Å². The van der Waals surface area contributed by atoms with Gasteiger partial charge in [0, 0.05) is 6.54 Å². The fraction of sp³-hybridized carbons (Fsp3) is 0.500. The quantitative estimate of drug-likeness (QED) is 0.849. The Morgan fingerprint density at radius 2 is 2.30 bits per heavy atom. The molecule has 0 aliphatic carbocycles. The molecule has 1 amide bonds. The number of methoxy groups -OCH3 is 1. The molecule has 1 heterocycles. The van der Waals surface area contributed by atoms with Crippen molar-refractivity contribution in [3.63, 3.8) is 0 Å². The van der Waals surface area contributed by atoms with E-state index in [9.17, 15) is 9.90 Å². The van der Waals surface area contributed by atoms with Crippen molar-refractivity contribution in [2.75, 3.05) is 26.9 Å². The summed E-state index contributed by atoms with van der Waals surface area (Å²) in [5.74, 6) is 0.122. The van der Waals surface area contributed by atoms with E-state index < -0.39 is 0 Å². The number of rotatable bonds is 3. The zero-order valence-electron chi connectivity index (χ0n) is 11.6. The minimum Gasteiger partial charge on any atom is -0.507 e. The number of aliphatic hydroxyl groups excluding tert-OH is 1. The highest BCUT2D eigenvalue weighted by Gasteiger charge is 2.31. The zero-order valence-corrected chi connectivity index (χ0v) is 11.6. The molecule has 20 heavy (non-hydrogen) atoms. The maximum atomic E-state index is 12.5. The van der Waals surface area contributed by atoms with Crippen LogP contribution in [0, 0.1) is 0 Å². The third kappa shape index (κ3) is 2.86. The molecule has 1 aromatic rings. The van der Waals surface area contributed by atoms with Gasteiger partial charge in [0.25, 0.3) is 5.91 Å². The summed E-state index contributed by atoms with van der Waals surface area (Å²) < 4.78 is 10.5. The molecule has 0 bridgehead atoms. The lowest BCUT2D eigenvalue weighted by Gasteiger charge is -2.37. The first-order valence-electron chi connectivity index (χ1n) is 6.47. The Morgan fingerprint density at radius 3 is 2.95 bits per heavy atom. The van der Waals surface area contributed by atoms with Crippen LogP contribution in [0.3, 0.4) is 0 Å². The molecule has 2 unspecified atom stereocenters.